The second kappa shape index (κ2) is 5.01. The third-order valence-corrected chi connectivity index (χ3v) is 6.38. The monoisotopic (exact) mass is 269 g/mol. The van der Waals surface area contributed by atoms with Crippen LogP contribution in [0.25, 0.3) is 0 Å². The van der Waals surface area contributed by atoms with Gasteiger partial charge in [0, 0.05) is 19.3 Å². The summed E-state index contributed by atoms with van der Waals surface area (Å²) < 4.78 is 47.5. The van der Waals surface area contributed by atoms with Crippen molar-refractivity contribution in [3.63, 3.8) is 0 Å². The molecule has 0 unspecified atom stereocenters. The van der Waals surface area contributed by atoms with E-state index in [4.69, 9.17) is 0 Å². The molecule has 1 aliphatic rings. The van der Waals surface area contributed by atoms with Crippen LogP contribution in [0.4, 0.5) is 0 Å². The van der Waals surface area contributed by atoms with Gasteiger partial charge in [-0.1, -0.05) is 13.3 Å². The van der Waals surface area contributed by atoms with Crippen LogP contribution in [0.15, 0.2) is 0 Å². The van der Waals surface area contributed by atoms with Crippen LogP contribution in [-0.4, -0.2) is 51.5 Å². The fourth-order valence-corrected chi connectivity index (χ4v) is 4.54. The highest BCUT2D eigenvalue weighted by molar-refractivity contribution is 7.91. The highest BCUT2D eigenvalue weighted by Gasteiger charge is 2.35. The largest absolute Gasteiger partial charge is 0.229 e. The van der Waals surface area contributed by atoms with E-state index in [0.717, 1.165) is 6.42 Å². The van der Waals surface area contributed by atoms with Gasteiger partial charge in [-0.3, -0.25) is 0 Å². The summed E-state index contributed by atoms with van der Waals surface area (Å²) in [6.45, 7) is 2.40. The van der Waals surface area contributed by atoms with E-state index < -0.39 is 25.1 Å². The Morgan fingerprint density at radius 1 is 1.25 bits per heavy atom. The Morgan fingerprint density at radius 3 is 2.31 bits per heavy atom. The average Bonchev–Trinajstić information content (AvgIpc) is 2.63. The minimum absolute atomic E-state index is 0.125. The van der Waals surface area contributed by atoms with Crippen molar-refractivity contribution < 1.29 is 16.8 Å². The van der Waals surface area contributed by atoms with Crippen molar-refractivity contribution in [2.45, 2.75) is 31.4 Å². The van der Waals surface area contributed by atoms with Gasteiger partial charge in [-0.2, -0.15) is 0 Å². The Morgan fingerprint density at radius 2 is 1.88 bits per heavy atom. The highest BCUT2D eigenvalue weighted by Crippen LogP contribution is 2.20. The molecule has 1 fully saturated rings. The van der Waals surface area contributed by atoms with Crippen LogP contribution in [0.2, 0.25) is 0 Å². The van der Waals surface area contributed by atoms with Crippen molar-refractivity contribution in [1.29, 1.82) is 0 Å². The van der Waals surface area contributed by atoms with Gasteiger partial charge in [-0.25, -0.2) is 21.1 Å². The maximum absolute atomic E-state index is 11.8. The summed E-state index contributed by atoms with van der Waals surface area (Å²) in [5.41, 5.74) is 0. The smallest absolute Gasteiger partial charge is 0.214 e. The predicted octanol–water partition coefficient (Wildman–Crippen LogP) is 0.235. The Hall–Kier alpha value is -0.140. The third kappa shape index (κ3) is 3.43. The normalized spacial score (nSPS) is 23.8. The number of rotatable bonds is 5. The predicted molar refractivity (Wildman–Crippen MR) is 63.5 cm³/mol. The molecule has 7 heteroatoms. The molecule has 0 amide bonds. The van der Waals surface area contributed by atoms with Crippen molar-refractivity contribution in [2.24, 2.45) is 0 Å². The zero-order valence-corrected chi connectivity index (χ0v) is 11.3. The van der Waals surface area contributed by atoms with E-state index in [0.29, 0.717) is 19.4 Å². The number of nitrogens with zero attached hydrogens (tertiary/aromatic N) is 1. The third-order valence-electron chi connectivity index (χ3n) is 2.86. The lowest BCUT2D eigenvalue weighted by molar-refractivity contribution is 0.475. The Bertz CT molecular complexity index is 426. The lowest BCUT2D eigenvalue weighted by Gasteiger charge is -2.15. The zero-order chi connectivity index (χ0) is 12.4. The molecule has 0 aromatic heterocycles. The molecule has 0 spiro atoms. The van der Waals surface area contributed by atoms with Crippen molar-refractivity contribution in [3.05, 3.63) is 0 Å². The van der Waals surface area contributed by atoms with Crippen LogP contribution in [0.5, 0.6) is 0 Å². The first-order valence-corrected chi connectivity index (χ1v) is 9.00. The molecule has 1 rings (SSSR count). The summed E-state index contributed by atoms with van der Waals surface area (Å²) in [5, 5.41) is -0.524. The van der Waals surface area contributed by atoms with Gasteiger partial charge in [0.15, 0.2) is 9.84 Å². The van der Waals surface area contributed by atoms with Gasteiger partial charge < -0.3 is 0 Å². The maximum Gasteiger partial charge on any atom is 0.214 e. The van der Waals surface area contributed by atoms with Gasteiger partial charge in [-0.15, -0.1) is 0 Å². The Labute approximate surface area is 97.8 Å². The molecule has 1 heterocycles. The molecule has 16 heavy (non-hydrogen) atoms. The summed E-state index contributed by atoms with van der Waals surface area (Å²) in [4.78, 5) is 0. The molecule has 0 aliphatic carbocycles. The summed E-state index contributed by atoms with van der Waals surface area (Å²) in [6, 6.07) is 0. The molecule has 1 aliphatic heterocycles. The standard InChI is InChI=1S/C9H19NO4S2/c1-3-4-7-16(13,14)10-6-5-9(8-10)15(2,11)12/h9H,3-8H2,1-2H3/t9-/m0/s1. The highest BCUT2D eigenvalue weighted by atomic mass is 32.2. The summed E-state index contributed by atoms with van der Waals surface area (Å²) >= 11 is 0. The average molecular weight is 269 g/mol. The van der Waals surface area contributed by atoms with Crippen LogP contribution in [-0.2, 0) is 19.9 Å². The zero-order valence-electron chi connectivity index (χ0n) is 9.72. The lowest BCUT2D eigenvalue weighted by atomic mass is 10.4. The van der Waals surface area contributed by atoms with Crippen molar-refractivity contribution >= 4 is 19.9 Å². The molecule has 0 saturated carbocycles. The minimum atomic E-state index is -3.25. The van der Waals surface area contributed by atoms with Gasteiger partial charge in [0.05, 0.1) is 11.0 Å². The summed E-state index contributed by atoms with van der Waals surface area (Å²) in [7, 11) is -6.37. The molecule has 1 atom stereocenters. The van der Waals surface area contributed by atoms with Crippen molar-refractivity contribution in [3.8, 4) is 0 Å². The van der Waals surface area contributed by atoms with E-state index >= 15 is 0 Å². The number of sulfonamides is 1. The number of hydrogen-bond donors (Lipinski definition) is 0. The first kappa shape index (κ1) is 13.9. The Kier molecular flexibility index (Phi) is 4.36. The lowest BCUT2D eigenvalue weighted by Crippen LogP contribution is -2.33. The number of hydrogen-bond acceptors (Lipinski definition) is 4. The van der Waals surface area contributed by atoms with Gasteiger partial charge in [0.25, 0.3) is 0 Å². The quantitative estimate of drug-likeness (QED) is 0.716. The van der Waals surface area contributed by atoms with Gasteiger partial charge in [0.1, 0.15) is 0 Å². The molecular weight excluding hydrogens is 250 g/mol. The van der Waals surface area contributed by atoms with Crippen LogP contribution < -0.4 is 0 Å². The van der Waals surface area contributed by atoms with Crippen LogP contribution in [0, 0.1) is 0 Å². The molecule has 5 nitrogen and oxygen atoms in total. The molecule has 0 aromatic carbocycles. The molecule has 1 saturated heterocycles. The van der Waals surface area contributed by atoms with E-state index in [2.05, 4.69) is 0 Å². The Balaban J connectivity index is 2.66. The summed E-state index contributed by atoms with van der Waals surface area (Å²) in [5.74, 6) is 0.125. The van der Waals surface area contributed by atoms with Crippen molar-refractivity contribution in [1.82, 2.24) is 4.31 Å². The molecule has 0 radical (unpaired) electrons. The van der Waals surface area contributed by atoms with E-state index in [1.165, 1.54) is 10.6 Å². The second-order valence-corrected chi connectivity index (χ2v) is 8.68. The molecule has 96 valence electrons. The van der Waals surface area contributed by atoms with Gasteiger partial charge >= 0.3 is 0 Å². The van der Waals surface area contributed by atoms with Crippen molar-refractivity contribution in [2.75, 3.05) is 25.1 Å². The van der Waals surface area contributed by atoms with Gasteiger partial charge in [-0.05, 0) is 12.8 Å². The second-order valence-electron chi connectivity index (χ2n) is 4.27. The van der Waals surface area contributed by atoms with E-state index in [-0.39, 0.29) is 12.3 Å². The number of unbranched alkanes of at least 4 members (excludes halogenated alkanes) is 1. The molecule has 0 N–H and O–H groups in total. The van der Waals surface area contributed by atoms with E-state index in [1.54, 1.807) is 0 Å². The first-order chi connectivity index (χ1) is 7.27. The van der Waals surface area contributed by atoms with E-state index in [9.17, 15) is 16.8 Å². The maximum atomic E-state index is 11.8. The SMILES string of the molecule is CCCCS(=O)(=O)N1CC[C@H](S(C)(=O)=O)C1. The van der Waals surface area contributed by atoms with Crippen LogP contribution in [0.3, 0.4) is 0 Å². The fraction of sp³-hybridized carbons (Fsp3) is 1.00. The molecule has 0 aromatic rings. The van der Waals surface area contributed by atoms with Gasteiger partial charge in [0.2, 0.25) is 10.0 Å². The van der Waals surface area contributed by atoms with Crippen LogP contribution in [0.1, 0.15) is 26.2 Å². The summed E-state index contributed by atoms with van der Waals surface area (Å²) in [6.07, 6.45) is 3.04. The van der Waals surface area contributed by atoms with Crippen LogP contribution >= 0.6 is 0 Å². The fourth-order valence-electron chi connectivity index (χ4n) is 1.76. The van der Waals surface area contributed by atoms with E-state index in [1.807, 2.05) is 6.92 Å². The molecular formula is C9H19NO4S2. The first-order valence-electron chi connectivity index (χ1n) is 5.44. The number of sulfone groups is 1. The topological polar surface area (TPSA) is 71.5 Å². The molecule has 0 bridgehead atoms. The minimum Gasteiger partial charge on any atom is -0.229 e.